The zero-order valence-electron chi connectivity index (χ0n) is 19.0. The van der Waals surface area contributed by atoms with Gasteiger partial charge in [-0.2, -0.15) is 0 Å². The van der Waals surface area contributed by atoms with Crippen LogP contribution in [0.15, 0.2) is 0 Å². The molecule has 0 aromatic rings. The number of hydrogen-bond donors (Lipinski definition) is 1. The Kier molecular flexibility index (Phi) is 24.6. The summed E-state index contributed by atoms with van der Waals surface area (Å²) in [6.07, 6.45) is 18.5. The van der Waals surface area contributed by atoms with Gasteiger partial charge in [-0.15, -0.1) is 0 Å². The van der Waals surface area contributed by atoms with Gasteiger partial charge in [0, 0.05) is 0 Å². The summed E-state index contributed by atoms with van der Waals surface area (Å²) in [5, 5.41) is 9.02. The average Bonchev–Trinajstić information content (AvgIpc) is 2.61. The summed E-state index contributed by atoms with van der Waals surface area (Å²) in [6.45, 7) is 4.28. The normalized spacial score (nSPS) is 13.9. The Morgan fingerprint density at radius 3 is 1.36 bits per heavy atom. The van der Waals surface area contributed by atoms with Crippen LogP contribution in [0, 0.1) is 0 Å². The Labute approximate surface area is 218 Å². The summed E-state index contributed by atoms with van der Waals surface area (Å²) in [7, 11) is -4.41. The van der Waals surface area contributed by atoms with E-state index in [4.69, 9.17) is 0 Å². The first-order valence-corrected chi connectivity index (χ1v) is 13.0. The molecule has 0 bridgehead atoms. The van der Waals surface area contributed by atoms with E-state index in [-0.39, 0.29) is 51.4 Å². The van der Waals surface area contributed by atoms with Crippen LogP contribution in [0.2, 0.25) is 0 Å². The Morgan fingerprint density at radius 2 is 0.964 bits per heavy atom. The van der Waals surface area contributed by atoms with Crippen molar-refractivity contribution >= 4 is 10.1 Å². The fourth-order valence-corrected chi connectivity index (χ4v) is 4.66. The second-order valence-electron chi connectivity index (χ2n) is 8.13. The first kappa shape index (κ1) is 31.7. The van der Waals surface area contributed by atoms with E-state index in [9.17, 15) is 18.1 Å². The molecule has 2 atom stereocenters. The van der Waals surface area contributed by atoms with Crippen LogP contribution in [0.5, 0.6) is 0 Å². The Morgan fingerprint density at radius 1 is 0.643 bits per heavy atom. The van der Waals surface area contributed by atoms with Gasteiger partial charge < -0.3 is 9.66 Å². The molecule has 0 heterocycles. The molecule has 6 heteroatoms. The van der Waals surface area contributed by atoms with E-state index in [1.165, 1.54) is 64.2 Å². The second-order valence-corrected chi connectivity index (χ2v) is 9.72. The summed E-state index contributed by atoms with van der Waals surface area (Å²) in [4.78, 5) is 0. The quantitative estimate of drug-likeness (QED) is 0.177. The van der Waals surface area contributed by atoms with Crippen molar-refractivity contribution in [2.45, 2.75) is 141 Å². The van der Waals surface area contributed by atoms with E-state index in [0.29, 0.717) is 19.3 Å². The van der Waals surface area contributed by atoms with Crippen LogP contribution in [0.1, 0.15) is 129 Å². The summed E-state index contributed by atoms with van der Waals surface area (Å²) in [5.74, 6) is 0. The molecule has 0 amide bonds. The van der Waals surface area contributed by atoms with E-state index in [0.717, 1.165) is 32.1 Å². The number of aliphatic hydroxyl groups is 1. The van der Waals surface area contributed by atoms with Crippen molar-refractivity contribution in [3.63, 3.8) is 0 Å². The minimum Gasteiger partial charge on any atom is -0.748 e. The molecule has 1 N–H and O–H groups in total. The number of rotatable bonds is 20. The first-order chi connectivity index (χ1) is 12.9. The van der Waals surface area contributed by atoms with Crippen LogP contribution >= 0.6 is 0 Å². The van der Waals surface area contributed by atoms with E-state index in [2.05, 4.69) is 6.92 Å². The zero-order chi connectivity index (χ0) is 20.4. The SMILES string of the molecule is CCCCCCCCCCCCCCCC(O)C(CCCCC)S(=O)(=O)[O-].[K+]. The van der Waals surface area contributed by atoms with Crippen molar-refractivity contribution < 1.29 is 69.5 Å². The number of hydrogen-bond acceptors (Lipinski definition) is 4. The smallest absolute Gasteiger partial charge is 0.748 e. The molecule has 0 aliphatic heterocycles. The topological polar surface area (TPSA) is 77.4 Å². The van der Waals surface area contributed by atoms with Gasteiger partial charge in [-0.05, 0) is 12.8 Å². The first-order valence-electron chi connectivity index (χ1n) is 11.6. The molecule has 0 aromatic heterocycles. The standard InChI is InChI=1S/C22H46O4S.K/c1-3-5-7-8-9-10-11-12-13-14-15-16-18-19-21(23)22(27(24,25)26)20-17-6-4-2;/h21-23H,3-20H2,1-2H3,(H,24,25,26);/q;+1/p-1. The molecule has 4 nitrogen and oxygen atoms in total. The van der Waals surface area contributed by atoms with Gasteiger partial charge in [0.25, 0.3) is 0 Å². The summed E-state index contributed by atoms with van der Waals surface area (Å²) in [6, 6.07) is 0. The summed E-state index contributed by atoms with van der Waals surface area (Å²) < 4.78 is 34.2. The maximum absolute atomic E-state index is 11.4. The van der Waals surface area contributed by atoms with Gasteiger partial charge in [0.1, 0.15) is 10.1 Å². The monoisotopic (exact) mass is 444 g/mol. The van der Waals surface area contributed by atoms with Crippen LogP contribution < -0.4 is 51.4 Å². The molecule has 0 aliphatic carbocycles. The van der Waals surface area contributed by atoms with Crippen molar-refractivity contribution in [3.05, 3.63) is 0 Å². The molecule has 0 saturated heterocycles. The van der Waals surface area contributed by atoms with E-state index >= 15 is 0 Å². The fraction of sp³-hybridized carbons (Fsp3) is 1.00. The van der Waals surface area contributed by atoms with E-state index in [1.807, 2.05) is 6.92 Å². The second kappa shape index (κ2) is 21.7. The van der Waals surface area contributed by atoms with Gasteiger partial charge >= 0.3 is 51.4 Å². The van der Waals surface area contributed by atoms with Crippen LogP contribution in [0.4, 0.5) is 0 Å². The minimum absolute atomic E-state index is 0. The van der Waals surface area contributed by atoms with Gasteiger partial charge in [-0.25, -0.2) is 8.42 Å². The molecule has 164 valence electrons. The van der Waals surface area contributed by atoms with Gasteiger partial charge in [0.2, 0.25) is 0 Å². The van der Waals surface area contributed by atoms with Crippen LogP contribution in [-0.4, -0.2) is 29.4 Å². The van der Waals surface area contributed by atoms with Gasteiger partial charge in [-0.3, -0.25) is 0 Å². The van der Waals surface area contributed by atoms with Crippen molar-refractivity contribution in [1.29, 1.82) is 0 Å². The molecule has 0 saturated carbocycles. The largest absolute Gasteiger partial charge is 1.00 e. The van der Waals surface area contributed by atoms with E-state index < -0.39 is 21.5 Å². The fourth-order valence-electron chi connectivity index (χ4n) is 3.68. The molecule has 0 spiro atoms. The predicted octanol–water partition coefficient (Wildman–Crippen LogP) is 3.33. The maximum Gasteiger partial charge on any atom is 1.00 e. The van der Waals surface area contributed by atoms with Gasteiger partial charge in [0.05, 0.1) is 11.4 Å². The van der Waals surface area contributed by atoms with Crippen LogP contribution in [0.3, 0.4) is 0 Å². The molecular weight excluding hydrogens is 399 g/mol. The average molecular weight is 445 g/mol. The van der Waals surface area contributed by atoms with Crippen molar-refractivity contribution in [1.82, 2.24) is 0 Å². The van der Waals surface area contributed by atoms with Crippen molar-refractivity contribution in [2.75, 3.05) is 0 Å². The number of unbranched alkanes of at least 4 members (excludes halogenated alkanes) is 14. The molecular formula is C22H45KO4S. The van der Waals surface area contributed by atoms with Crippen molar-refractivity contribution in [3.8, 4) is 0 Å². The van der Waals surface area contributed by atoms with Gasteiger partial charge in [0.15, 0.2) is 0 Å². The third-order valence-electron chi connectivity index (χ3n) is 5.50. The molecule has 2 unspecified atom stereocenters. The molecule has 0 fully saturated rings. The van der Waals surface area contributed by atoms with E-state index in [1.54, 1.807) is 0 Å². The number of aliphatic hydroxyl groups excluding tert-OH is 1. The van der Waals surface area contributed by atoms with Crippen LogP contribution in [-0.2, 0) is 10.1 Å². The molecule has 0 rings (SSSR count). The Balaban J connectivity index is 0. The Hall–Kier alpha value is 1.51. The summed E-state index contributed by atoms with van der Waals surface area (Å²) in [5.41, 5.74) is 0. The Bertz CT molecular complexity index is 415. The maximum atomic E-state index is 11.4. The molecule has 0 aromatic carbocycles. The van der Waals surface area contributed by atoms with Crippen LogP contribution in [0.25, 0.3) is 0 Å². The molecule has 0 aliphatic rings. The molecule has 0 radical (unpaired) electrons. The predicted molar refractivity (Wildman–Crippen MR) is 114 cm³/mol. The van der Waals surface area contributed by atoms with Gasteiger partial charge in [-0.1, -0.05) is 117 Å². The van der Waals surface area contributed by atoms with Crippen molar-refractivity contribution in [2.24, 2.45) is 0 Å². The third kappa shape index (κ3) is 19.5. The third-order valence-corrected chi connectivity index (χ3v) is 6.79. The summed E-state index contributed by atoms with van der Waals surface area (Å²) >= 11 is 0. The zero-order valence-corrected chi connectivity index (χ0v) is 22.9. The molecule has 28 heavy (non-hydrogen) atoms. The minimum atomic E-state index is -4.41.